The van der Waals surface area contributed by atoms with Gasteiger partial charge in [0.2, 0.25) is 5.91 Å². The topological polar surface area (TPSA) is 73.6 Å². The van der Waals surface area contributed by atoms with Crippen molar-refractivity contribution in [3.05, 3.63) is 59.7 Å². The first-order valence-corrected chi connectivity index (χ1v) is 9.36. The minimum atomic E-state index is -1.11. The lowest BCUT2D eigenvalue weighted by Crippen LogP contribution is -2.49. The summed E-state index contributed by atoms with van der Waals surface area (Å²) >= 11 is 0. The van der Waals surface area contributed by atoms with Crippen molar-refractivity contribution in [1.29, 1.82) is 0 Å². The lowest BCUT2D eigenvalue weighted by Gasteiger charge is -2.26. The first-order valence-electron chi connectivity index (χ1n) is 9.36. The molecule has 2 unspecified atom stereocenters. The van der Waals surface area contributed by atoms with Crippen molar-refractivity contribution >= 4 is 5.91 Å². The maximum atomic E-state index is 12.8. The average molecular weight is 370 g/mol. The van der Waals surface area contributed by atoms with E-state index in [1.807, 2.05) is 55.5 Å². The molecule has 0 aromatic heterocycles. The number of methoxy groups -OCH3 is 1. The first kappa shape index (κ1) is 20.8. The fourth-order valence-corrected chi connectivity index (χ4v) is 2.74. The highest BCUT2D eigenvalue weighted by molar-refractivity contribution is 5.87. The van der Waals surface area contributed by atoms with E-state index in [2.05, 4.69) is 12.2 Å². The van der Waals surface area contributed by atoms with E-state index in [-0.39, 0.29) is 11.9 Å². The normalized spacial score (nSPS) is 14.1. The van der Waals surface area contributed by atoms with E-state index in [1.165, 1.54) is 0 Å². The third-order valence-electron chi connectivity index (χ3n) is 4.64. The third kappa shape index (κ3) is 5.23. The molecule has 0 aliphatic carbocycles. The van der Waals surface area contributed by atoms with Gasteiger partial charge in [-0.1, -0.05) is 49.7 Å². The SMILES string of the molecule is CCCCOc1ccc(C(C)NC(=O)C(C)(N)c2ccccc2)cc1OC. The van der Waals surface area contributed by atoms with E-state index in [0.29, 0.717) is 18.1 Å². The highest BCUT2D eigenvalue weighted by atomic mass is 16.5. The second kappa shape index (κ2) is 9.42. The molecule has 3 N–H and O–H groups in total. The summed E-state index contributed by atoms with van der Waals surface area (Å²) < 4.78 is 11.2. The predicted octanol–water partition coefficient (Wildman–Crippen LogP) is 3.93. The summed E-state index contributed by atoms with van der Waals surface area (Å²) in [5, 5.41) is 3.00. The number of carbonyl (C=O) groups excluding carboxylic acids is 1. The van der Waals surface area contributed by atoms with Crippen LogP contribution < -0.4 is 20.5 Å². The smallest absolute Gasteiger partial charge is 0.244 e. The van der Waals surface area contributed by atoms with Gasteiger partial charge in [-0.05, 0) is 43.5 Å². The van der Waals surface area contributed by atoms with Gasteiger partial charge < -0.3 is 20.5 Å². The van der Waals surface area contributed by atoms with Crippen LogP contribution in [0.15, 0.2) is 48.5 Å². The molecule has 2 aromatic rings. The Labute approximate surface area is 161 Å². The number of nitrogens with one attached hydrogen (secondary N) is 1. The van der Waals surface area contributed by atoms with Crippen molar-refractivity contribution in [2.45, 2.75) is 45.2 Å². The molecule has 146 valence electrons. The number of benzene rings is 2. The summed E-state index contributed by atoms with van der Waals surface area (Å²) in [6, 6.07) is 14.8. The number of rotatable bonds is 9. The van der Waals surface area contributed by atoms with Crippen molar-refractivity contribution in [2.75, 3.05) is 13.7 Å². The number of nitrogens with two attached hydrogens (primary N) is 1. The zero-order valence-electron chi connectivity index (χ0n) is 16.6. The molecule has 2 aromatic carbocycles. The van der Waals surface area contributed by atoms with Crippen LogP contribution in [-0.2, 0) is 10.3 Å². The van der Waals surface area contributed by atoms with Crippen LogP contribution in [0.2, 0.25) is 0 Å². The molecule has 0 saturated carbocycles. The quantitative estimate of drug-likeness (QED) is 0.656. The number of unbranched alkanes of at least 4 members (excludes halogenated alkanes) is 1. The maximum Gasteiger partial charge on any atom is 0.244 e. The Balaban J connectivity index is 2.10. The molecule has 1 amide bonds. The fraction of sp³-hybridized carbons (Fsp3) is 0.409. The minimum absolute atomic E-state index is 0.220. The molecule has 0 bridgehead atoms. The van der Waals surface area contributed by atoms with Crippen LogP contribution in [0.5, 0.6) is 11.5 Å². The van der Waals surface area contributed by atoms with Crippen LogP contribution in [0.1, 0.15) is 50.8 Å². The molecule has 0 radical (unpaired) electrons. The van der Waals surface area contributed by atoms with E-state index < -0.39 is 5.54 Å². The average Bonchev–Trinajstić information content (AvgIpc) is 2.68. The molecule has 0 saturated heterocycles. The molecule has 0 heterocycles. The third-order valence-corrected chi connectivity index (χ3v) is 4.64. The zero-order chi connectivity index (χ0) is 19.9. The lowest BCUT2D eigenvalue weighted by molar-refractivity contribution is -0.126. The van der Waals surface area contributed by atoms with Crippen LogP contribution in [0, 0.1) is 0 Å². The monoisotopic (exact) mass is 370 g/mol. The Morgan fingerprint density at radius 3 is 2.52 bits per heavy atom. The molecular formula is C22H30N2O3. The van der Waals surface area contributed by atoms with Crippen LogP contribution in [-0.4, -0.2) is 19.6 Å². The Bertz CT molecular complexity index is 744. The van der Waals surface area contributed by atoms with Crippen molar-refractivity contribution in [3.63, 3.8) is 0 Å². The molecule has 0 aliphatic heterocycles. The Morgan fingerprint density at radius 2 is 1.89 bits per heavy atom. The minimum Gasteiger partial charge on any atom is -0.493 e. The summed E-state index contributed by atoms with van der Waals surface area (Å²) in [4.78, 5) is 12.8. The summed E-state index contributed by atoms with van der Waals surface area (Å²) in [6.07, 6.45) is 2.06. The van der Waals surface area contributed by atoms with Gasteiger partial charge in [-0.3, -0.25) is 4.79 Å². The number of carbonyl (C=O) groups is 1. The van der Waals surface area contributed by atoms with Gasteiger partial charge in [-0.25, -0.2) is 0 Å². The Kier molecular flexibility index (Phi) is 7.25. The van der Waals surface area contributed by atoms with Gasteiger partial charge in [0.15, 0.2) is 11.5 Å². The molecule has 2 atom stereocenters. The van der Waals surface area contributed by atoms with Crippen molar-refractivity contribution in [3.8, 4) is 11.5 Å². The van der Waals surface area contributed by atoms with Crippen LogP contribution in [0.25, 0.3) is 0 Å². The second-order valence-corrected chi connectivity index (χ2v) is 6.88. The summed E-state index contributed by atoms with van der Waals surface area (Å²) in [5.41, 5.74) is 6.88. The van der Waals surface area contributed by atoms with Gasteiger partial charge >= 0.3 is 0 Å². The van der Waals surface area contributed by atoms with Gasteiger partial charge in [-0.2, -0.15) is 0 Å². The van der Waals surface area contributed by atoms with Crippen LogP contribution in [0.4, 0.5) is 0 Å². The predicted molar refractivity (Wildman–Crippen MR) is 108 cm³/mol. The van der Waals surface area contributed by atoms with Gasteiger partial charge in [0.25, 0.3) is 0 Å². The Hall–Kier alpha value is -2.53. The van der Waals surface area contributed by atoms with Gasteiger partial charge in [-0.15, -0.1) is 0 Å². The molecule has 27 heavy (non-hydrogen) atoms. The fourth-order valence-electron chi connectivity index (χ4n) is 2.74. The van der Waals surface area contributed by atoms with Gasteiger partial charge in [0.05, 0.1) is 19.8 Å². The molecule has 2 rings (SSSR count). The van der Waals surface area contributed by atoms with E-state index in [0.717, 1.165) is 24.0 Å². The molecule has 0 fully saturated rings. The second-order valence-electron chi connectivity index (χ2n) is 6.88. The van der Waals surface area contributed by atoms with Gasteiger partial charge in [0.1, 0.15) is 5.54 Å². The highest BCUT2D eigenvalue weighted by Crippen LogP contribution is 2.31. The van der Waals surface area contributed by atoms with Crippen molar-refractivity contribution < 1.29 is 14.3 Å². The standard InChI is InChI=1S/C22H30N2O3/c1-5-6-14-27-19-13-12-17(15-20(19)26-4)16(2)24-21(25)22(3,23)18-10-8-7-9-11-18/h7-13,15-16H,5-6,14,23H2,1-4H3,(H,24,25). The highest BCUT2D eigenvalue weighted by Gasteiger charge is 2.31. The van der Waals surface area contributed by atoms with E-state index in [9.17, 15) is 4.79 Å². The first-order chi connectivity index (χ1) is 12.9. The molecular weight excluding hydrogens is 340 g/mol. The number of amides is 1. The number of hydrogen-bond donors (Lipinski definition) is 2. The molecule has 5 nitrogen and oxygen atoms in total. The number of ether oxygens (including phenoxy) is 2. The number of hydrogen-bond acceptors (Lipinski definition) is 4. The van der Waals surface area contributed by atoms with Gasteiger partial charge in [0, 0.05) is 0 Å². The molecule has 5 heteroatoms. The van der Waals surface area contributed by atoms with Crippen LogP contribution in [0.3, 0.4) is 0 Å². The maximum absolute atomic E-state index is 12.8. The lowest BCUT2D eigenvalue weighted by atomic mass is 9.91. The Morgan fingerprint density at radius 1 is 1.19 bits per heavy atom. The summed E-state index contributed by atoms with van der Waals surface area (Å²) in [7, 11) is 1.61. The van der Waals surface area contributed by atoms with E-state index >= 15 is 0 Å². The van der Waals surface area contributed by atoms with E-state index in [1.54, 1.807) is 14.0 Å². The van der Waals surface area contributed by atoms with E-state index in [4.69, 9.17) is 15.2 Å². The molecule has 0 spiro atoms. The van der Waals surface area contributed by atoms with Crippen LogP contribution >= 0.6 is 0 Å². The summed E-state index contributed by atoms with van der Waals surface area (Å²) in [6.45, 7) is 6.41. The zero-order valence-corrected chi connectivity index (χ0v) is 16.6. The summed E-state index contributed by atoms with van der Waals surface area (Å²) in [5.74, 6) is 1.13. The molecule has 0 aliphatic rings. The van der Waals surface area contributed by atoms with Crippen molar-refractivity contribution in [1.82, 2.24) is 5.32 Å². The van der Waals surface area contributed by atoms with Crippen molar-refractivity contribution in [2.24, 2.45) is 5.73 Å². The largest absolute Gasteiger partial charge is 0.493 e.